The molecule has 0 spiro atoms. The van der Waals surface area contributed by atoms with Crippen LogP contribution >= 0.6 is 11.8 Å². The van der Waals surface area contributed by atoms with Gasteiger partial charge in [0.25, 0.3) is 6.47 Å². The monoisotopic (exact) mass is 455 g/mol. The molecule has 5 nitrogen and oxygen atoms in total. The number of rotatable bonds is 11. The molecule has 31 heavy (non-hydrogen) atoms. The second kappa shape index (κ2) is 11.1. The fraction of sp³-hybridized carbons (Fsp3) is 0.208. The lowest BCUT2D eigenvalue weighted by Crippen LogP contribution is -2.47. The van der Waals surface area contributed by atoms with Crippen molar-refractivity contribution < 1.29 is 17.9 Å². The number of benzene rings is 3. The first-order valence-electron chi connectivity index (χ1n) is 9.88. The molecule has 0 fully saturated rings. The fourth-order valence-electron chi connectivity index (χ4n) is 3.11. The summed E-state index contributed by atoms with van der Waals surface area (Å²) in [5.41, 5.74) is 1.93. The molecule has 2 unspecified atom stereocenters. The highest BCUT2D eigenvalue weighted by molar-refractivity contribution is 7.99. The molecule has 0 saturated heterocycles. The maximum absolute atomic E-state index is 13.1. The van der Waals surface area contributed by atoms with E-state index in [-0.39, 0.29) is 4.90 Å². The zero-order valence-electron chi connectivity index (χ0n) is 17.2. The van der Waals surface area contributed by atoms with Crippen molar-refractivity contribution in [3.63, 3.8) is 0 Å². The van der Waals surface area contributed by atoms with Gasteiger partial charge in [-0.3, -0.25) is 4.79 Å². The summed E-state index contributed by atoms with van der Waals surface area (Å²) >= 11 is 1.51. The van der Waals surface area contributed by atoms with E-state index < -0.39 is 22.2 Å². The Morgan fingerprint density at radius 1 is 0.935 bits per heavy atom. The van der Waals surface area contributed by atoms with Gasteiger partial charge in [-0.25, -0.2) is 13.1 Å². The summed E-state index contributed by atoms with van der Waals surface area (Å²) in [6.45, 7) is 2.28. The van der Waals surface area contributed by atoms with Gasteiger partial charge >= 0.3 is 0 Å². The maximum atomic E-state index is 13.1. The van der Waals surface area contributed by atoms with Gasteiger partial charge in [-0.2, -0.15) is 0 Å². The summed E-state index contributed by atoms with van der Waals surface area (Å²) < 4.78 is 34.3. The molecule has 0 amide bonds. The highest BCUT2D eigenvalue weighted by atomic mass is 32.2. The third-order valence-corrected chi connectivity index (χ3v) is 7.41. The van der Waals surface area contributed by atoms with Crippen molar-refractivity contribution in [2.24, 2.45) is 0 Å². The number of aryl methyl sites for hydroxylation is 1. The minimum absolute atomic E-state index is 0.178. The van der Waals surface area contributed by atoms with Crippen LogP contribution in [-0.4, -0.2) is 32.8 Å². The molecule has 0 aliphatic rings. The second-order valence-corrected chi connectivity index (χ2v) is 9.93. The molecule has 3 aromatic rings. The van der Waals surface area contributed by atoms with Crippen LogP contribution in [0.1, 0.15) is 11.1 Å². The van der Waals surface area contributed by atoms with Gasteiger partial charge in [0.15, 0.2) is 0 Å². The lowest BCUT2D eigenvalue weighted by atomic mass is 10.0. The van der Waals surface area contributed by atoms with Crippen LogP contribution in [0.15, 0.2) is 94.7 Å². The largest absolute Gasteiger partial charge is 0.462 e. The average Bonchev–Trinajstić information content (AvgIpc) is 2.78. The van der Waals surface area contributed by atoms with Gasteiger partial charge < -0.3 is 4.74 Å². The third kappa shape index (κ3) is 6.95. The minimum Gasteiger partial charge on any atom is -0.462 e. The normalized spacial score (nSPS) is 13.3. The number of sulfonamides is 1. The van der Waals surface area contributed by atoms with E-state index in [4.69, 9.17) is 4.74 Å². The highest BCUT2D eigenvalue weighted by Crippen LogP contribution is 2.22. The van der Waals surface area contributed by atoms with Crippen LogP contribution in [0, 0.1) is 6.92 Å². The van der Waals surface area contributed by atoms with Gasteiger partial charge in [-0.15, -0.1) is 11.8 Å². The van der Waals surface area contributed by atoms with Crippen LogP contribution in [0.3, 0.4) is 0 Å². The van der Waals surface area contributed by atoms with Crippen molar-refractivity contribution in [2.45, 2.75) is 35.3 Å². The molecule has 0 aromatic heterocycles. The number of thioether (sulfide) groups is 1. The van der Waals surface area contributed by atoms with Crippen molar-refractivity contribution in [3.05, 3.63) is 96.1 Å². The molecule has 3 rings (SSSR count). The predicted molar refractivity (Wildman–Crippen MR) is 124 cm³/mol. The van der Waals surface area contributed by atoms with Gasteiger partial charge in [0.05, 0.1) is 10.9 Å². The average molecular weight is 456 g/mol. The van der Waals surface area contributed by atoms with Gasteiger partial charge in [0.2, 0.25) is 10.0 Å². The summed E-state index contributed by atoms with van der Waals surface area (Å²) in [5.74, 6) is 0.403. The Hall–Kier alpha value is -2.61. The third-order valence-electron chi connectivity index (χ3n) is 4.77. The first-order chi connectivity index (χ1) is 15.0. The lowest BCUT2D eigenvalue weighted by Gasteiger charge is -2.26. The summed E-state index contributed by atoms with van der Waals surface area (Å²) in [7, 11) is -3.80. The maximum Gasteiger partial charge on any atom is 0.293 e. The zero-order valence-corrected chi connectivity index (χ0v) is 18.8. The molecule has 0 aliphatic carbocycles. The van der Waals surface area contributed by atoms with E-state index in [0.717, 1.165) is 16.0 Å². The lowest BCUT2D eigenvalue weighted by molar-refractivity contribution is -0.134. The molecule has 0 radical (unpaired) electrons. The van der Waals surface area contributed by atoms with E-state index in [2.05, 4.69) is 4.72 Å². The summed E-state index contributed by atoms with van der Waals surface area (Å²) in [5, 5.41) is 0. The molecule has 0 heterocycles. The Morgan fingerprint density at radius 3 is 2.16 bits per heavy atom. The second-order valence-electron chi connectivity index (χ2n) is 7.13. The molecule has 1 N–H and O–H groups in total. The van der Waals surface area contributed by atoms with Crippen molar-refractivity contribution in [2.75, 3.05) is 5.75 Å². The standard InChI is InChI=1S/C24H25NO4S2/c1-19-12-14-22(15-13-19)31(27,28)25-23(17-30-21-10-6-3-7-11-21)24(29-18-26)16-20-8-4-2-5-9-20/h2-15,18,23-25H,16-17H2,1H3. The summed E-state index contributed by atoms with van der Waals surface area (Å²) in [4.78, 5) is 12.4. The van der Waals surface area contributed by atoms with Crippen LogP contribution in [0.25, 0.3) is 0 Å². The fourth-order valence-corrected chi connectivity index (χ4v) is 5.50. The molecule has 162 valence electrons. The topological polar surface area (TPSA) is 72.5 Å². The van der Waals surface area contributed by atoms with E-state index in [9.17, 15) is 13.2 Å². The molecule has 7 heteroatoms. The Balaban J connectivity index is 1.86. The van der Waals surface area contributed by atoms with Crippen molar-refractivity contribution in [1.82, 2.24) is 4.72 Å². The first kappa shape index (κ1) is 23.1. The molecule has 0 bridgehead atoms. The molecular formula is C24H25NO4S2. The molecule has 0 aliphatic heterocycles. The van der Waals surface area contributed by atoms with Gasteiger partial charge in [0, 0.05) is 17.1 Å². The van der Waals surface area contributed by atoms with E-state index >= 15 is 0 Å². The Morgan fingerprint density at radius 2 is 1.55 bits per heavy atom. The molecule has 3 aromatic carbocycles. The Bertz CT molecular complexity index is 1060. The van der Waals surface area contributed by atoms with Crippen LogP contribution in [0.4, 0.5) is 0 Å². The minimum atomic E-state index is -3.80. The highest BCUT2D eigenvalue weighted by Gasteiger charge is 2.29. The SMILES string of the molecule is Cc1ccc(S(=O)(=O)NC(CSc2ccccc2)C(Cc2ccccc2)OC=O)cc1. The number of hydrogen-bond donors (Lipinski definition) is 1. The van der Waals surface area contributed by atoms with Crippen molar-refractivity contribution in [1.29, 1.82) is 0 Å². The Labute approximate surface area is 187 Å². The number of nitrogens with one attached hydrogen (secondary N) is 1. The number of hydrogen-bond acceptors (Lipinski definition) is 5. The van der Waals surface area contributed by atoms with Crippen molar-refractivity contribution >= 4 is 28.3 Å². The van der Waals surface area contributed by atoms with Gasteiger partial charge in [-0.05, 0) is 36.8 Å². The zero-order chi connectivity index (χ0) is 22.1. The number of carbonyl (C=O) groups excluding carboxylic acids is 1. The van der Waals surface area contributed by atoms with E-state index in [1.807, 2.05) is 67.6 Å². The van der Waals surface area contributed by atoms with E-state index in [1.165, 1.54) is 11.8 Å². The number of ether oxygens (including phenoxy) is 1. The smallest absolute Gasteiger partial charge is 0.293 e. The molecule has 0 saturated carbocycles. The Kier molecular flexibility index (Phi) is 8.28. The van der Waals surface area contributed by atoms with Gasteiger partial charge in [0.1, 0.15) is 6.10 Å². The van der Waals surface area contributed by atoms with E-state index in [0.29, 0.717) is 18.6 Å². The van der Waals surface area contributed by atoms with Crippen LogP contribution in [-0.2, 0) is 26.0 Å². The van der Waals surface area contributed by atoms with E-state index in [1.54, 1.807) is 24.3 Å². The predicted octanol–water partition coefficient (Wildman–Crippen LogP) is 4.22. The van der Waals surface area contributed by atoms with Crippen LogP contribution in [0.2, 0.25) is 0 Å². The van der Waals surface area contributed by atoms with Crippen molar-refractivity contribution in [3.8, 4) is 0 Å². The quantitative estimate of drug-likeness (QED) is 0.346. The summed E-state index contributed by atoms with van der Waals surface area (Å²) in [6.07, 6.45) is -0.257. The first-order valence-corrected chi connectivity index (χ1v) is 12.3. The van der Waals surface area contributed by atoms with Crippen LogP contribution in [0.5, 0.6) is 0 Å². The molecule has 2 atom stereocenters. The summed E-state index contributed by atoms with van der Waals surface area (Å²) in [6, 6.07) is 25.3. The molecular weight excluding hydrogens is 430 g/mol. The van der Waals surface area contributed by atoms with Crippen LogP contribution < -0.4 is 4.72 Å². The van der Waals surface area contributed by atoms with Gasteiger partial charge in [-0.1, -0.05) is 66.2 Å². The number of carbonyl (C=O) groups is 1.